The number of rotatable bonds is 4. The van der Waals surface area contributed by atoms with Crippen molar-refractivity contribution >= 4 is 34.8 Å². The van der Waals surface area contributed by atoms with Gasteiger partial charge in [-0.3, -0.25) is 9.59 Å². The van der Waals surface area contributed by atoms with E-state index in [-0.39, 0.29) is 45.2 Å². The minimum atomic E-state index is -0.737. The molecule has 0 aromatic heterocycles. The number of Topliss-reactive ketones (excluding diaryl/α,β-unsaturated/α-hetero) is 1. The van der Waals surface area contributed by atoms with Gasteiger partial charge < -0.3 is 14.6 Å². The Morgan fingerprint density at radius 1 is 1.26 bits per heavy atom. The largest absolute Gasteiger partial charge is 0.505 e. The maximum atomic E-state index is 12.9. The maximum Gasteiger partial charge on any atom is 0.179 e. The van der Waals surface area contributed by atoms with E-state index in [2.05, 4.69) is 0 Å². The molecule has 23 heavy (non-hydrogen) atoms. The summed E-state index contributed by atoms with van der Waals surface area (Å²) in [5.41, 5.74) is -0.0731. The number of allylic oxidation sites excluding steroid dienone is 2. The zero-order valence-corrected chi connectivity index (χ0v) is 14.4. The topological polar surface area (TPSA) is 72.8 Å². The Balaban J connectivity index is 2.57. The highest BCUT2D eigenvalue weighted by molar-refractivity contribution is 6.36. The van der Waals surface area contributed by atoms with Crippen molar-refractivity contribution in [1.82, 2.24) is 0 Å². The molecule has 1 aromatic rings. The molecule has 0 amide bonds. The number of phenolic OH excluding ortho intramolecular Hbond substituents is 1. The lowest BCUT2D eigenvalue weighted by Crippen LogP contribution is -2.28. The number of ether oxygens (including phenoxy) is 2. The second kappa shape index (κ2) is 6.81. The van der Waals surface area contributed by atoms with Crippen LogP contribution in [-0.2, 0) is 4.79 Å². The third kappa shape index (κ3) is 3.16. The summed E-state index contributed by atoms with van der Waals surface area (Å²) in [7, 11) is 2.75. The van der Waals surface area contributed by atoms with Crippen molar-refractivity contribution in [2.45, 2.75) is 13.3 Å². The molecule has 0 saturated heterocycles. The van der Waals surface area contributed by atoms with E-state index < -0.39 is 17.5 Å². The highest BCUT2D eigenvalue weighted by Crippen LogP contribution is 2.45. The Hall–Kier alpha value is -1.72. The minimum absolute atomic E-state index is 0.0731. The van der Waals surface area contributed by atoms with E-state index in [1.54, 1.807) is 6.92 Å². The average Bonchev–Trinajstić information content (AvgIpc) is 2.48. The highest BCUT2D eigenvalue weighted by Gasteiger charge is 2.37. The Morgan fingerprint density at radius 2 is 1.87 bits per heavy atom. The van der Waals surface area contributed by atoms with E-state index in [0.717, 1.165) is 0 Å². The molecule has 7 heteroatoms. The lowest BCUT2D eigenvalue weighted by atomic mass is 9.79. The van der Waals surface area contributed by atoms with Crippen molar-refractivity contribution in [2.24, 2.45) is 11.8 Å². The van der Waals surface area contributed by atoms with E-state index in [1.165, 1.54) is 26.4 Å². The van der Waals surface area contributed by atoms with Gasteiger partial charge in [-0.25, -0.2) is 0 Å². The Morgan fingerprint density at radius 3 is 2.39 bits per heavy atom. The van der Waals surface area contributed by atoms with Crippen LogP contribution in [0, 0.1) is 11.8 Å². The SMILES string of the molecule is COc1cc(OC)c(C(=O)C2C(Cl)=CC(=O)CC2C)c(O)c1Cl. The fourth-order valence-corrected chi connectivity index (χ4v) is 3.36. The van der Waals surface area contributed by atoms with E-state index in [0.29, 0.717) is 0 Å². The highest BCUT2D eigenvalue weighted by atomic mass is 35.5. The van der Waals surface area contributed by atoms with Crippen molar-refractivity contribution in [3.63, 3.8) is 0 Å². The summed E-state index contributed by atoms with van der Waals surface area (Å²) in [5.74, 6) is -1.73. The lowest BCUT2D eigenvalue weighted by molar-refractivity contribution is -0.116. The zero-order chi connectivity index (χ0) is 17.3. The van der Waals surface area contributed by atoms with Gasteiger partial charge in [-0.2, -0.15) is 0 Å². The van der Waals surface area contributed by atoms with Crippen LogP contribution < -0.4 is 9.47 Å². The monoisotopic (exact) mass is 358 g/mol. The van der Waals surface area contributed by atoms with Crippen LogP contribution in [0.3, 0.4) is 0 Å². The van der Waals surface area contributed by atoms with Crippen molar-refractivity contribution in [3.8, 4) is 17.2 Å². The summed E-state index contributed by atoms with van der Waals surface area (Å²) < 4.78 is 10.2. The van der Waals surface area contributed by atoms with Gasteiger partial charge in [0.2, 0.25) is 0 Å². The van der Waals surface area contributed by atoms with Gasteiger partial charge in [-0.05, 0) is 12.0 Å². The number of methoxy groups -OCH3 is 2. The summed E-state index contributed by atoms with van der Waals surface area (Å²) in [6.45, 7) is 1.75. The molecule has 2 unspecified atom stereocenters. The molecule has 124 valence electrons. The quantitative estimate of drug-likeness (QED) is 0.832. The van der Waals surface area contributed by atoms with Gasteiger partial charge >= 0.3 is 0 Å². The van der Waals surface area contributed by atoms with Crippen LogP contribution in [0.2, 0.25) is 5.02 Å². The molecule has 0 aliphatic heterocycles. The Bertz CT molecular complexity index is 696. The third-order valence-corrected chi connectivity index (χ3v) is 4.54. The van der Waals surface area contributed by atoms with Gasteiger partial charge in [0.15, 0.2) is 17.3 Å². The number of hydrogen-bond acceptors (Lipinski definition) is 5. The molecule has 0 heterocycles. The fourth-order valence-electron chi connectivity index (χ4n) is 2.69. The molecule has 0 saturated carbocycles. The smallest absolute Gasteiger partial charge is 0.179 e. The summed E-state index contributed by atoms with van der Waals surface area (Å²) in [5, 5.41) is 10.4. The number of carbonyl (C=O) groups excluding carboxylic acids is 2. The van der Waals surface area contributed by atoms with Crippen LogP contribution in [-0.4, -0.2) is 30.9 Å². The summed E-state index contributed by atoms with van der Waals surface area (Å²) in [4.78, 5) is 24.4. The zero-order valence-electron chi connectivity index (χ0n) is 12.9. The molecule has 0 bridgehead atoms. The number of benzene rings is 1. The molecule has 0 radical (unpaired) electrons. The van der Waals surface area contributed by atoms with E-state index in [9.17, 15) is 14.7 Å². The molecule has 0 fully saturated rings. The van der Waals surface area contributed by atoms with Crippen molar-refractivity contribution < 1.29 is 24.2 Å². The predicted octanol–water partition coefficient (Wildman–Crippen LogP) is 3.59. The summed E-state index contributed by atoms with van der Waals surface area (Å²) in [6, 6.07) is 1.42. The molecule has 2 rings (SSSR count). The normalized spacial score (nSPS) is 20.9. The summed E-state index contributed by atoms with van der Waals surface area (Å²) in [6.07, 6.45) is 1.46. The minimum Gasteiger partial charge on any atom is -0.505 e. The molecule has 1 aliphatic rings. The maximum absolute atomic E-state index is 12.9. The van der Waals surface area contributed by atoms with Crippen LogP contribution in [0.15, 0.2) is 17.2 Å². The molecule has 1 aromatic carbocycles. The van der Waals surface area contributed by atoms with Gasteiger partial charge in [-0.1, -0.05) is 30.1 Å². The van der Waals surface area contributed by atoms with E-state index in [4.69, 9.17) is 32.7 Å². The van der Waals surface area contributed by atoms with Crippen LogP contribution in [0.4, 0.5) is 0 Å². The van der Waals surface area contributed by atoms with Gasteiger partial charge in [0.25, 0.3) is 0 Å². The fraction of sp³-hybridized carbons (Fsp3) is 0.375. The van der Waals surface area contributed by atoms with Crippen molar-refractivity contribution in [2.75, 3.05) is 14.2 Å². The standard InChI is InChI=1S/C16H16Cl2O5/c1-7-4-8(19)5-9(17)12(7)15(20)13-10(22-2)6-11(23-3)14(18)16(13)21/h5-7,12,21H,4H2,1-3H3. The molecular formula is C16H16Cl2O5. The van der Waals surface area contributed by atoms with Gasteiger partial charge in [0.1, 0.15) is 22.1 Å². The second-order valence-corrected chi connectivity index (χ2v) is 6.15. The first-order valence-electron chi connectivity index (χ1n) is 6.89. The molecule has 5 nitrogen and oxygen atoms in total. The summed E-state index contributed by atoms with van der Waals surface area (Å²) >= 11 is 12.1. The Labute approximate surface area is 143 Å². The molecule has 1 aliphatic carbocycles. The first-order chi connectivity index (χ1) is 10.8. The molecule has 0 spiro atoms. The first kappa shape index (κ1) is 17.6. The second-order valence-electron chi connectivity index (χ2n) is 5.34. The van der Waals surface area contributed by atoms with Gasteiger partial charge in [-0.15, -0.1) is 0 Å². The van der Waals surface area contributed by atoms with Crippen LogP contribution in [0.25, 0.3) is 0 Å². The molecule has 2 atom stereocenters. The van der Waals surface area contributed by atoms with Crippen LogP contribution >= 0.6 is 23.2 Å². The Kier molecular flexibility index (Phi) is 5.22. The number of carbonyl (C=O) groups is 2. The number of halogens is 2. The number of aromatic hydroxyl groups is 1. The lowest BCUT2D eigenvalue weighted by Gasteiger charge is -2.26. The van der Waals surface area contributed by atoms with E-state index >= 15 is 0 Å². The van der Waals surface area contributed by atoms with E-state index in [1.807, 2.05) is 0 Å². The van der Waals surface area contributed by atoms with Crippen LogP contribution in [0.5, 0.6) is 17.2 Å². The number of hydrogen-bond donors (Lipinski definition) is 1. The first-order valence-corrected chi connectivity index (χ1v) is 7.65. The van der Waals surface area contributed by atoms with Crippen LogP contribution in [0.1, 0.15) is 23.7 Å². The van der Waals surface area contributed by atoms with Crippen molar-refractivity contribution in [1.29, 1.82) is 0 Å². The van der Waals surface area contributed by atoms with Crippen molar-refractivity contribution in [3.05, 3.63) is 27.8 Å². The van der Waals surface area contributed by atoms with Gasteiger partial charge in [0, 0.05) is 17.5 Å². The third-order valence-electron chi connectivity index (χ3n) is 3.83. The average molecular weight is 359 g/mol. The predicted molar refractivity (Wildman–Crippen MR) is 86.8 cm³/mol. The molecule has 1 N–H and O–H groups in total. The number of ketones is 2. The number of phenols is 1. The van der Waals surface area contributed by atoms with Gasteiger partial charge in [0.05, 0.1) is 20.1 Å². The molecular weight excluding hydrogens is 343 g/mol.